The average molecular weight is 479 g/mol. The van der Waals surface area contributed by atoms with E-state index < -0.39 is 0 Å². The Kier molecular flexibility index (Phi) is 6.30. The lowest BCUT2D eigenvalue weighted by atomic mass is 10.1. The molecule has 0 fully saturated rings. The summed E-state index contributed by atoms with van der Waals surface area (Å²) in [5.41, 5.74) is 1.54. The molecule has 8 nitrogen and oxygen atoms in total. The largest absolute Gasteiger partial charge is 0.486 e. The minimum Gasteiger partial charge on any atom is -0.486 e. The molecule has 5 rings (SSSR count). The maximum Gasteiger partial charge on any atom is 0.255 e. The highest BCUT2D eigenvalue weighted by Gasteiger charge is 2.23. The number of hydrogen-bond acceptors (Lipinski definition) is 8. The number of fused-ring (bicyclic) bond motifs is 2. The number of benzene rings is 2. The van der Waals surface area contributed by atoms with E-state index in [4.69, 9.17) is 13.9 Å². The van der Waals surface area contributed by atoms with Gasteiger partial charge in [-0.05, 0) is 49.0 Å². The normalized spacial score (nSPS) is 15.2. The molecule has 0 unspecified atom stereocenters. The van der Waals surface area contributed by atoms with Crippen LogP contribution in [0.5, 0.6) is 11.5 Å². The second kappa shape index (κ2) is 9.52. The van der Waals surface area contributed by atoms with Crippen LogP contribution in [0.2, 0.25) is 0 Å². The highest BCUT2D eigenvalue weighted by atomic mass is 32.2. The molecule has 4 aromatic rings. The molecule has 0 N–H and O–H groups in total. The first kappa shape index (κ1) is 22.5. The number of aromatic nitrogens is 3. The molecule has 1 atom stereocenters. The first-order valence-electron chi connectivity index (χ1n) is 11.1. The van der Waals surface area contributed by atoms with Crippen molar-refractivity contribution in [2.24, 2.45) is 0 Å². The van der Waals surface area contributed by atoms with Crippen LogP contribution in [0.1, 0.15) is 17.3 Å². The first-order valence-corrected chi connectivity index (χ1v) is 12.3. The van der Waals surface area contributed by atoms with Gasteiger partial charge in [0.25, 0.3) is 5.56 Å². The van der Waals surface area contributed by atoms with Crippen LogP contribution >= 0.6 is 11.8 Å². The van der Waals surface area contributed by atoms with Gasteiger partial charge < -0.3 is 18.5 Å². The van der Waals surface area contributed by atoms with Crippen molar-refractivity contribution in [3.63, 3.8) is 0 Å². The number of nitrogens with zero attached hydrogens (tertiary/aromatic N) is 4. The summed E-state index contributed by atoms with van der Waals surface area (Å²) in [6.07, 6.45) is 1.75. The molecule has 0 saturated carbocycles. The molecule has 176 valence electrons. The van der Waals surface area contributed by atoms with Gasteiger partial charge in [0.05, 0.1) is 18.6 Å². The summed E-state index contributed by atoms with van der Waals surface area (Å²) in [6.45, 7) is 3.44. The third-order valence-electron chi connectivity index (χ3n) is 5.75. The van der Waals surface area contributed by atoms with Gasteiger partial charge in [-0.15, -0.1) is 22.0 Å². The van der Waals surface area contributed by atoms with Gasteiger partial charge in [-0.1, -0.05) is 18.2 Å². The van der Waals surface area contributed by atoms with E-state index in [1.54, 1.807) is 18.7 Å². The number of ether oxygens (including phenoxy) is 2. The summed E-state index contributed by atoms with van der Waals surface area (Å²) in [4.78, 5) is 16.8. The highest BCUT2D eigenvalue weighted by molar-refractivity contribution is 7.98. The predicted molar refractivity (Wildman–Crippen MR) is 131 cm³/mol. The van der Waals surface area contributed by atoms with Crippen LogP contribution in [0.25, 0.3) is 10.9 Å². The smallest absolute Gasteiger partial charge is 0.255 e. The van der Waals surface area contributed by atoms with Gasteiger partial charge in [-0.2, -0.15) is 0 Å². The summed E-state index contributed by atoms with van der Waals surface area (Å²) in [7, 11) is 1.93. The number of aryl methyl sites for hydroxylation is 1. The fourth-order valence-corrected chi connectivity index (χ4v) is 4.60. The van der Waals surface area contributed by atoms with Crippen molar-refractivity contribution >= 4 is 22.7 Å². The van der Waals surface area contributed by atoms with Crippen LogP contribution in [0.15, 0.2) is 62.6 Å². The molecule has 9 heteroatoms. The van der Waals surface area contributed by atoms with Crippen molar-refractivity contribution < 1.29 is 13.9 Å². The second-order valence-electron chi connectivity index (χ2n) is 8.39. The molecule has 34 heavy (non-hydrogen) atoms. The third-order valence-corrected chi connectivity index (χ3v) is 6.47. The molecule has 1 aliphatic heterocycles. The maximum absolute atomic E-state index is 13.7. The van der Waals surface area contributed by atoms with Crippen LogP contribution in [0.3, 0.4) is 0 Å². The van der Waals surface area contributed by atoms with E-state index in [9.17, 15) is 4.79 Å². The van der Waals surface area contributed by atoms with E-state index >= 15 is 0 Å². The number of rotatable bonds is 7. The first-order chi connectivity index (χ1) is 16.5. The molecule has 3 heterocycles. The minimum atomic E-state index is -0.275. The van der Waals surface area contributed by atoms with E-state index in [0.29, 0.717) is 49.3 Å². The molecular formula is C25H26N4O4S. The molecule has 2 aromatic carbocycles. The fraction of sp³-hybridized carbons (Fsp3) is 0.320. The van der Waals surface area contributed by atoms with Crippen molar-refractivity contribution in [2.45, 2.75) is 37.6 Å². The molecule has 0 radical (unpaired) electrons. The second-order valence-corrected chi connectivity index (χ2v) is 9.27. The monoisotopic (exact) mass is 478 g/mol. The van der Waals surface area contributed by atoms with Gasteiger partial charge in [0.1, 0.15) is 6.61 Å². The van der Waals surface area contributed by atoms with Gasteiger partial charge in [0.2, 0.25) is 11.8 Å². The number of para-hydroxylation sites is 2. The van der Waals surface area contributed by atoms with E-state index in [1.165, 1.54) is 0 Å². The molecule has 0 amide bonds. The van der Waals surface area contributed by atoms with E-state index in [2.05, 4.69) is 28.4 Å². The lowest BCUT2D eigenvalue weighted by molar-refractivity contribution is 0.0786. The fourth-order valence-electron chi connectivity index (χ4n) is 4.17. The van der Waals surface area contributed by atoms with Crippen LogP contribution < -0.4 is 15.0 Å². The minimum absolute atomic E-state index is 0.0400. The molecule has 0 spiro atoms. The van der Waals surface area contributed by atoms with Crippen molar-refractivity contribution in [1.29, 1.82) is 0 Å². The zero-order chi connectivity index (χ0) is 23.7. The zero-order valence-corrected chi connectivity index (χ0v) is 20.2. The summed E-state index contributed by atoms with van der Waals surface area (Å²) in [6, 6.07) is 15.8. The van der Waals surface area contributed by atoms with Crippen LogP contribution in [0.4, 0.5) is 0 Å². The van der Waals surface area contributed by atoms with Crippen molar-refractivity contribution in [3.05, 3.63) is 76.2 Å². The molecule has 1 aliphatic rings. The molecule has 0 saturated heterocycles. The maximum atomic E-state index is 13.7. The number of thioether (sulfide) groups is 1. The molecule has 0 aliphatic carbocycles. The Bertz CT molecular complexity index is 1380. The Balaban J connectivity index is 1.47. The lowest BCUT2D eigenvalue weighted by Gasteiger charge is -2.27. The standard InChI is InChI=1S/C25H26N4O4S/c1-16-26-27-24(32-16)14-28(2)12-18-10-17-8-9-20(34-3)11-21(17)29(25(18)30)13-19-15-31-22-6-4-5-7-23(22)33-19/h4-11,19H,12-15H2,1-3H3/t19-/m1/s1. The highest BCUT2D eigenvalue weighted by Crippen LogP contribution is 2.31. The van der Waals surface area contributed by atoms with Crippen LogP contribution in [0, 0.1) is 6.92 Å². The summed E-state index contributed by atoms with van der Waals surface area (Å²) < 4.78 is 19.4. The van der Waals surface area contributed by atoms with Gasteiger partial charge in [-0.25, -0.2) is 0 Å². The van der Waals surface area contributed by atoms with Gasteiger partial charge >= 0.3 is 0 Å². The lowest BCUT2D eigenvalue weighted by Crippen LogP contribution is -2.38. The Morgan fingerprint density at radius 3 is 2.71 bits per heavy atom. The van der Waals surface area contributed by atoms with Crippen molar-refractivity contribution in [2.75, 3.05) is 19.9 Å². The summed E-state index contributed by atoms with van der Waals surface area (Å²) in [5, 5.41) is 8.94. The molecule has 2 aromatic heterocycles. The van der Waals surface area contributed by atoms with Crippen molar-refractivity contribution in [3.8, 4) is 11.5 Å². The summed E-state index contributed by atoms with van der Waals surface area (Å²) in [5.74, 6) is 2.48. The Morgan fingerprint density at radius 1 is 1.12 bits per heavy atom. The van der Waals surface area contributed by atoms with Crippen LogP contribution in [-0.4, -0.2) is 45.7 Å². The molecule has 0 bridgehead atoms. The van der Waals surface area contributed by atoms with E-state index in [1.807, 2.05) is 53.1 Å². The van der Waals surface area contributed by atoms with Crippen LogP contribution in [-0.2, 0) is 19.6 Å². The SMILES string of the molecule is CSc1ccc2cc(CN(C)Cc3nnc(C)o3)c(=O)n(C[C@@H]3COc4ccccc4O3)c2c1. The average Bonchev–Trinajstić information content (AvgIpc) is 3.25. The zero-order valence-electron chi connectivity index (χ0n) is 19.4. The third kappa shape index (κ3) is 4.67. The Hall–Kier alpha value is -3.30. The van der Waals surface area contributed by atoms with E-state index in [-0.39, 0.29) is 11.7 Å². The number of hydrogen-bond donors (Lipinski definition) is 0. The van der Waals surface area contributed by atoms with E-state index in [0.717, 1.165) is 21.5 Å². The topological polar surface area (TPSA) is 82.6 Å². The Labute approximate surface area is 201 Å². The summed E-state index contributed by atoms with van der Waals surface area (Å²) >= 11 is 1.65. The number of pyridine rings is 1. The van der Waals surface area contributed by atoms with Gasteiger partial charge in [-0.3, -0.25) is 9.69 Å². The molecular weight excluding hydrogens is 452 g/mol. The van der Waals surface area contributed by atoms with Gasteiger partial charge in [0.15, 0.2) is 17.6 Å². The quantitative estimate of drug-likeness (QED) is 0.370. The van der Waals surface area contributed by atoms with Gasteiger partial charge in [0, 0.05) is 23.9 Å². The van der Waals surface area contributed by atoms with Crippen molar-refractivity contribution in [1.82, 2.24) is 19.7 Å². The predicted octanol–water partition coefficient (Wildman–Crippen LogP) is 3.89. The Morgan fingerprint density at radius 2 is 1.94 bits per heavy atom.